The Morgan fingerprint density at radius 1 is 0.963 bits per heavy atom. The van der Waals surface area contributed by atoms with Gasteiger partial charge in [0.25, 0.3) is 0 Å². The molecule has 0 bridgehead atoms. The topological polar surface area (TPSA) is 58.6 Å². The molecule has 1 aromatic rings. The number of likely N-dealkylation sites (tertiary alicyclic amines) is 1. The third-order valence-corrected chi connectivity index (χ3v) is 5.91. The zero-order chi connectivity index (χ0) is 18.9. The summed E-state index contributed by atoms with van der Waals surface area (Å²) in [6.07, 6.45) is 9.85. The highest BCUT2D eigenvalue weighted by Gasteiger charge is 2.24. The number of carbonyl (C=O) groups is 2. The Balaban J connectivity index is 1.29. The van der Waals surface area contributed by atoms with Gasteiger partial charge in [0.15, 0.2) is 0 Å². The molecule has 1 N–H and O–H groups in total. The molecule has 1 saturated carbocycles. The minimum Gasteiger partial charge on any atom is -0.410 e. The highest BCUT2D eigenvalue weighted by Crippen LogP contribution is 2.27. The maximum Gasteiger partial charge on any atom is 0.415 e. The smallest absolute Gasteiger partial charge is 0.410 e. The van der Waals surface area contributed by atoms with Crippen LogP contribution in [0, 0.1) is 11.8 Å². The third kappa shape index (κ3) is 6.56. The van der Waals surface area contributed by atoms with Crippen LogP contribution in [0.15, 0.2) is 30.3 Å². The van der Waals surface area contributed by atoms with Crippen molar-refractivity contribution in [3.05, 3.63) is 30.3 Å². The summed E-state index contributed by atoms with van der Waals surface area (Å²) in [6.45, 7) is 2.10. The van der Waals surface area contributed by atoms with E-state index in [1.54, 1.807) is 17.0 Å². The van der Waals surface area contributed by atoms with Gasteiger partial charge in [0.05, 0.1) is 0 Å². The molecular weight excluding hydrogens is 340 g/mol. The number of hydrogen-bond donors (Lipinski definition) is 1. The van der Waals surface area contributed by atoms with Crippen LogP contribution in [0.5, 0.6) is 5.75 Å². The molecule has 1 heterocycles. The number of amides is 2. The average molecular weight is 373 g/mol. The molecule has 1 aliphatic heterocycles. The van der Waals surface area contributed by atoms with Gasteiger partial charge in [-0.1, -0.05) is 50.3 Å². The monoisotopic (exact) mass is 372 g/mol. The summed E-state index contributed by atoms with van der Waals surface area (Å²) in [5, 5.41) is 3.10. The van der Waals surface area contributed by atoms with Crippen molar-refractivity contribution in [2.24, 2.45) is 11.8 Å². The quantitative estimate of drug-likeness (QED) is 0.806. The number of ether oxygens (including phenoxy) is 1. The Kier molecular flexibility index (Phi) is 7.55. The zero-order valence-electron chi connectivity index (χ0n) is 16.2. The van der Waals surface area contributed by atoms with Crippen molar-refractivity contribution in [3.63, 3.8) is 0 Å². The molecule has 0 aromatic heterocycles. The second kappa shape index (κ2) is 10.3. The van der Waals surface area contributed by atoms with Crippen molar-refractivity contribution in [1.29, 1.82) is 0 Å². The van der Waals surface area contributed by atoms with Crippen LogP contribution < -0.4 is 10.1 Å². The first-order chi connectivity index (χ1) is 13.2. The zero-order valence-corrected chi connectivity index (χ0v) is 16.2. The summed E-state index contributed by atoms with van der Waals surface area (Å²) in [5.41, 5.74) is 0. The lowest BCUT2D eigenvalue weighted by Gasteiger charge is -2.31. The fourth-order valence-electron chi connectivity index (χ4n) is 4.13. The lowest BCUT2D eigenvalue weighted by atomic mass is 9.86. The summed E-state index contributed by atoms with van der Waals surface area (Å²) >= 11 is 0. The van der Waals surface area contributed by atoms with E-state index in [1.807, 2.05) is 18.2 Å². The van der Waals surface area contributed by atoms with Crippen LogP contribution in [-0.2, 0) is 4.79 Å². The van der Waals surface area contributed by atoms with Gasteiger partial charge < -0.3 is 15.0 Å². The van der Waals surface area contributed by atoms with Crippen LogP contribution in [0.25, 0.3) is 0 Å². The van der Waals surface area contributed by atoms with Crippen LogP contribution in [0.2, 0.25) is 0 Å². The van der Waals surface area contributed by atoms with Gasteiger partial charge in [-0.3, -0.25) is 4.79 Å². The van der Waals surface area contributed by atoms with E-state index in [1.165, 1.54) is 32.1 Å². The number of piperidine rings is 1. The van der Waals surface area contributed by atoms with Crippen molar-refractivity contribution in [2.75, 3.05) is 19.6 Å². The summed E-state index contributed by atoms with van der Waals surface area (Å²) in [6, 6.07) is 9.17. The molecule has 5 nitrogen and oxygen atoms in total. The minimum atomic E-state index is -0.281. The van der Waals surface area contributed by atoms with Crippen LogP contribution in [0.4, 0.5) is 4.79 Å². The molecule has 0 unspecified atom stereocenters. The number of rotatable bonds is 6. The maximum absolute atomic E-state index is 12.2. The van der Waals surface area contributed by atoms with Gasteiger partial charge in [-0.15, -0.1) is 0 Å². The van der Waals surface area contributed by atoms with Crippen LogP contribution in [0.1, 0.15) is 57.8 Å². The SMILES string of the molecule is O=C(CCC1CCCCC1)NCC1CCN(C(=O)Oc2ccccc2)CC1. The van der Waals surface area contributed by atoms with Gasteiger partial charge in [0.2, 0.25) is 5.91 Å². The Morgan fingerprint density at radius 3 is 2.37 bits per heavy atom. The van der Waals surface area contributed by atoms with E-state index in [4.69, 9.17) is 4.74 Å². The molecule has 2 fully saturated rings. The second-order valence-electron chi connectivity index (χ2n) is 7.96. The van der Waals surface area contributed by atoms with Gasteiger partial charge in [-0.05, 0) is 43.2 Å². The van der Waals surface area contributed by atoms with E-state index in [9.17, 15) is 9.59 Å². The molecule has 2 amide bonds. The van der Waals surface area contributed by atoms with Crippen LogP contribution in [0.3, 0.4) is 0 Å². The summed E-state index contributed by atoms with van der Waals surface area (Å²) in [4.78, 5) is 26.1. The maximum atomic E-state index is 12.2. The summed E-state index contributed by atoms with van der Waals surface area (Å²) in [7, 11) is 0. The molecule has 3 rings (SSSR count). The third-order valence-electron chi connectivity index (χ3n) is 5.91. The minimum absolute atomic E-state index is 0.187. The molecule has 27 heavy (non-hydrogen) atoms. The first-order valence-corrected chi connectivity index (χ1v) is 10.5. The molecule has 1 aliphatic carbocycles. The van der Waals surface area contributed by atoms with Crippen molar-refractivity contribution in [2.45, 2.75) is 57.8 Å². The normalized spacial score (nSPS) is 18.9. The Morgan fingerprint density at radius 2 is 1.67 bits per heavy atom. The fourth-order valence-corrected chi connectivity index (χ4v) is 4.13. The average Bonchev–Trinajstić information content (AvgIpc) is 2.72. The molecule has 1 saturated heterocycles. The van der Waals surface area contributed by atoms with E-state index < -0.39 is 0 Å². The predicted molar refractivity (Wildman–Crippen MR) is 106 cm³/mol. The molecule has 0 atom stereocenters. The van der Waals surface area contributed by atoms with Crippen LogP contribution >= 0.6 is 0 Å². The van der Waals surface area contributed by atoms with E-state index in [0.29, 0.717) is 31.2 Å². The predicted octanol–water partition coefficient (Wildman–Crippen LogP) is 4.37. The highest BCUT2D eigenvalue weighted by atomic mass is 16.6. The van der Waals surface area contributed by atoms with Gasteiger partial charge in [-0.2, -0.15) is 0 Å². The van der Waals surface area contributed by atoms with Gasteiger partial charge in [0.1, 0.15) is 5.75 Å². The molecule has 0 radical (unpaired) electrons. The fraction of sp³-hybridized carbons (Fsp3) is 0.636. The number of para-hydroxylation sites is 1. The molecular formula is C22H32N2O3. The second-order valence-corrected chi connectivity index (χ2v) is 7.96. The van der Waals surface area contributed by atoms with E-state index in [0.717, 1.165) is 31.7 Å². The lowest BCUT2D eigenvalue weighted by Crippen LogP contribution is -2.42. The van der Waals surface area contributed by atoms with Crippen molar-refractivity contribution < 1.29 is 14.3 Å². The highest BCUT2D eigenvalue weighted by molar-refractivity contribution is 5.75. The van der Waals surface area contributed by atoms with Gasteiger partial charge in [0, 0.05) is 26.1 Å². The summed E-state index contributed by atoms with van der Waals surface area (Å²) < 4.78 is 5.39. The van der Waals surface area contributed by atoms with Crippen molar-refractivity contribution >= 4 is 12.0 Å². The molecule has 1 aromatic carbocycles. The molecule has 148 valence electrons. The molecule has 5 heteroatoms. The first kappa shape index (κ1) is 19.7. The Labute approximate surface area is 162 Å². The van der Waals surface area contributed by atoms with Crippen LogP contribution in [-0.4, -0.2) is 36.5 Å². The first-order valence-electron chi connectivity index (χ1n) is 10.5. The van der Waals surface area contributed by atoms with Gasteiger partial charge >= 0.3 is 6.09 Å². The number of carbonyl (C=O) groups excluding carboxylic acids is 2. The molecule has 2 aliphatic rings. The largest absolute Gasteiger partial charge is 0.415 e. The number of benzene rings is 1. The number of hydrogen-bond acceptors (Lipinski definition) is 3. The van der Waals surface area contributed by atoms with E-state index in [2.05, 4.69) is 5.32 Å². The number of nitrogens with one attached hydrogen (secondary N) is 1. The Bertz CT molecular complexity index is 591. The van der Waals surface area contributed by atoms with Crippen molar-refractivity contribution in [3.8, 4) is 5.75 Å². The summed E-state index contributed by atoms with van der Waals surface area (Å²) in [5.74, 6) is 1.97. The van der Waals surface area contributed by atoms with Gasteiger partial charge in [-0.25, -0.2) is 4.79 Å². The standard InChI is InChI=1S/C22H32N2O3/c25-21(12-11-18-7-3-1-4-8-18)23-17-19-13-15-24(16-14-19)22(26)27-20-9-5-2-6-10-20/h2,5-6,9-10,18-19H,1,3-4,7-8,11-17H2,(H,23,25). The lowest BCUT2D eigenvalue weighted by molar-refractivity contribution is -0.121. The number of nitrogens with zero attached hydrogens (tertiary/aromatic N) is 1. The molecule has 0 spiro atoms. The Hall–Kier alpha value is -2.04. The van der Waals surface area contributed by atoms with E-state index in [-0.39, 0.29) is 12.0 Å². The van der Waals surface area contributed by atoms with Crippen molar-refractivity contribution in [1.82, 2.24) is 10.2 Å². The van der Waals surface area contributed by atoms with E-state index >= 15 is 0 Å².